The molecule has 0 unspecified atom stereocenters. The van der Waals surface area contributed by atoms with Crippen LogP contribution in [0.1, 0.15) is 12.2 Å². The Bertz CT molecular complexity index is 482. The minimum Gasteiger partial charge on any atom is -0.441 e. The zero-order valence-electron chi connectivity index (χ0n) is 9.74. The Balaban J connectivity index is 2.10. The molecule has 0 aliphatic rings. The highest BCUT2D eigenvalue weighted by atomic mass is 35.5. The van der Waals surface area contributed by atoms with E-state index in [1.54, 1.807) is 6.20 Å². The summed E-state index contributed by atoms with van der Waals surface area (Å²) in [6, 6.07) is 7.56. The van der Waals surface area contributed by atoms with Crippen LogP contribution in [-0.4, -0.2) is 18.6 Å². The van der Waals surface area contributed by atoms with Crippen molar-refractivity contribution in [1.29, 1.82) is 0 Å². The lowest BCUT2D eigenvalue weighted by Gasteiger charge is -1.98. The molecule has 0 spiro atoms. The predicted octanol–water partition coefficient (Wildman–Crippen LogP) is 3.15. The summed E-state index contributed by atoms with van der Waals surface area (Å²) in [6.45, 7) is 0.974. The molecule has 0 fully saturated rings. The lowest BCUT2D eigenvalue weighted by Crippen LogP contribution is -2.08. The van der Waals surface area contributed by atoms with Gasteiger partial charge in [0.25, 0.3) is 0 Å². The summed E-state index contributed by atoms with van der Waals surface area (Å²) in [5.74, 6) is 1.49. The minimum absolute atomic E-state index is 0.593. The highest BCUT2D eigenvalue weighted by Crippen LogP contribution is 2.27. The molecule has 1 N–H and O–H groups in total. The first kappa shape index (κ1) is 12.1. The van der Waals surface area contributed by atoms with Crippen LogP contribution in [0.15, 0.2) is 34.9 Å². The van der Waals surface area contributed by atoms with E-state index in [0.29, 0.717) is 10.9 Å². The summed E-state index contributed by atoms with van der Waals surface area (Å²) < 4.78 is 5.67. The maximum atomic E-state index is 6.08. The summed E-state index contributed by atoms with van der Waals surface area (Å²) in [5.41, 5.74) is 0.842. The fourth-order valence-electron chi connectivity index (χ4n) is 1.62. The molecule has 2 aromatic rings. The van der Waals surface area contributed by atoms with Gasteiger partial charge in [0.2, 0.25) is 5.89 Å². The van der Waals surface area contributed by atoms with E-state index >= 15 is 0 Å². The van der Waals surface area contributed by atoms with Crippen LogP contribution < -0.4 is 5.32 Å². The smallest absolute Gasteiger partial charge is 0.227 e. The molecular weight excluding hydrogens is 236 g/mol. The maximum absolute atomic E-state index is 6.08. The van der Waals surface area contributed by atoms with E-state index in [0.717, 1.165) is 30.7 Å². The molecule has 0 saturated carbocycles. The van der Waals surface area contributed by atoms with Crippen molar-refractivity contribution < 1.29 is 4.42 Å². The number of halogens is 1. The second kappa shape index (κ2) is 5.84. The third-order valence-electron chi connectivity index (χ3n) is 2.51. The average molecular weight is 251 g/mol. The Morgan fingerprint density at radius 2 is 2.18 bits per heavy atom. The Morgan fingerprint density at radius 3 is 2.94 bits per heavy atom. The third kappa shape index (κ3) is 3.08. The van der Waals surface area contributed by atoms with E-state index in [1.165, 1.54) is 0 Å². The van der Waals surface area contributed by atoms with Gasteiger partial charge in [-0.15, -0.1) is 0 Å². The fraction of sp³-hybridized carbons (Fsp3) is 0.308. The highest BCUT2D eigenvalue weighted by molar-refractivity contribution is 6.33. The summed E-state index contributed by atoms with van der Waals surface area (Å²) >= 11 is 6.08. The van der Waals surface area contributed by atoms with Crippen molar-refractivity contribution in [2.45, 2.75) is 12.8 Å². The normalized spacial score (nSPS) is 10.7. The van der Waals surface area contributed by atoms with Crippen LogP contribution in [0, 0.1) is 0 Å². The Hall–Kier alpha value is -1.32. The first-order valence-electron chi connectivity index (χ1n) is 5.65. The molecule has 2 rings (SSSR count). The summed E-state index contributed by atoms with van der Waals surface area (Å²) in [4.78, 5) is 4.25. The molecular formula is C13H15ClN2O. The number of rotatable bonds is 5. The van der Waals surface area contributed by atoms with Crippen LogP contribution in [0.3, 0.4) is 0 Å². The predicted molar refractivity (Wildman–Crippen MR) is 69.2 cm³/mol. The van der Waals surface area contributed by atoms with Gasteiger partial charge in [0, 0.05) is 6.42 Å². The number of oxazole rings is 1. The van der Waals surface area contributed by atoms with Gasteiger partial charge in [-0.1, -0.05) is 23.7 Å². The van der Waals surface area contributed by atoms with Gasteiger partial charge in [0.1, 0.15) is 5.76 Å². The molecule has 1 heterocycles. The topological polar surface area (TPSA) is 38.1 Å². The van der Waals surface area contributed by atoms with E-state index in [9.17, 15) is 0 Å². The number of hydrogen-bond donors (Lipinski definition) is 1. The summed E-state index contributed by atoms with van der Waals surface area (Å²) in [6.07, 6.45) is 3.69. The molecule has 0 atom stereocenters. The molecule has 3 nitrogen and oxygen atoms in total. The Morgan fingerprint density at radius 1 is 1.35 bits per heavy atom. The lowest BCUT2D eigenvalue weighted by molar-refractivity contribution is 0.507. The fourth-order valence-corrected chi connectivity index (χ4v) is 1.84. The maximum Gasteiger partial charge on any atom is 0.227 e. The number of nitrogens with zero attached hydrogens (tertiary/aromatic N) is 1. The lowest BCUT2D eigenvalue weighted by atomic mass is 10.2. The molecule has 4 heteroatoms. The quantitative estimate of drug-likeness (QED) is 0.829. The molecule has 0 aliphatic carbocycles. The number of hydrogen-bond acceptors (Lipinski definition) is 3. The molecule has 90 valence electrons. The van der Waals surface area contributed by atoms with Crippen molar-refractivity contribution in [3.8, 4) is 11.5 Å². The van der Waals surface area contributed by atoms with Crippen LogP contribution in [0.2, 0.25) is 5.02 Å². The molecule has 1 aromatic heterocycles. The number of aryl methyl sites for hydroxylation is 1. The van der Waals surface area contributed by atoms with Gasteiger partial charge in [-0.2, -0.15) is 0 Å². The van der Waals surface area contributed by atoms with E-state index in [1.807, 2.05) is 31.3 Å². The third-order valence-corrected chi connectivity index (χ3v) is 2.84. The number of nitrogens with one attached hydrogen (secondary N) is 1. The van der Waals surface area contributed by atoms with E-state index in [-0.39, 0.29) is 0 Å². The average Bonchev–Trinajstić information content (AvgIpc) is 2.79. The Labute approximate surface area is 106 Å². The van der Waals surface area contributed by atoms with Gasteiger partial charge in [-0.05, 0) is 32.1 Å². The second-order valence-corrected chi connectivity index (χ2v) is 4.23. The first-order valence-corrected chi connectivity index (χ1v) is 6.03. The van der Waals surface area contributed by atoms with Gasteiger partial charge >= 0.3 is 0 Å². The van der Waals surface area contributed by atoms with Gasteiger partial charge in [-0.25, -0.2) is 4.98 Å². The van der Waals surface area contributed by atoms with Gasteiger partial charge in [0.15, 0.2) is 0 Å². The Kier molecular flexibility index (Phi) is 4.18. The molecule has 1 aromatic carbocycles. The molecule has 0 bridgehead atoms. The van der Waals surface area contributed by atoms with E-state index in [4.69, 9.17) is 16.0 Å². The number of benzene rings is 1. The standard InChI is InChI=1S/C13H15ClN2O/c1-15-8-4-5-10-9-16-13(17-10)11-6-2-3-7-12(11)14/h2-3,6-7,9,15H,4-5,8H2,1H3. The van der Waals surface area contributed by atoms with E-state index < -0.39 is 0 Å². The van der Waals surface area contributed by atoms with Crippen molar-refractivity contribution >= 4 is 11.6 Å². The molecule has 0 radical (unpaired) electrons. The van der Waals surface area contributed by atoms with Crippen molar-refractivity contribution in [1.82, 2.24) is 10.3 Å². The zero-order valence-corrected chi connectivity index (χ0v) is 10.5. The summed E-state index contributed by atoms with van der Waals surface area (Å²) in [7, 11) is 1.94. The largest absolute Gasteiger partial charge is 0.441 e. The zero-order chi connectivity index (χ0) is 12.1. The van der Waals surface area contributed by atoms with Crippen LogP contribution in [0.25, 0.3) is 11.5 Å². The van der Waals surface area contributed by atoms with Crippen LogP contribution >= 0.6 is 11.6 Å². The monoisotopic (exact) mass is 250 g/mol. The van der Waals surface area contributed by atoms with Crippen LogP contribution in [0.4, 0.5) is 0 Å². The van der Waals surface area contributed by atoms with Crippen molar-refractivity contribution in [2.75, 3.05) is 13.6 Å². The van der Waals surface area contributed by atoms with Crippen molar-refractivity contribution in [3.05, 3.63) is 41.2 Å². The van der Waals surface area contributed by atoms with E-state index in [2.05, 4.69) is 10.3 Å². The minimum atomic E-state index is 0.593. The van der Waals surface area contributed by atoms with Crippen molar-refractivity contribution in [3.63, 3.8) is 0 Å². The van der Waals surface area contributed by atoms with Crippen LogP contribution in [0.5, 0.6) is 0 Å². The molecule has 0 saturated heterocycles. The number of aromatic nitrogens is 1. The molecule has 17 heavy (non-hydrogen) atoms. The van der Waals surface area contributed by atoms with Gasteiger partial charge in [0.05, 0.1) is 16.8 Å². The SMILES string of the molecule is CNCCCc1cnc(-c2ccccc2Cl)o1. The first-order chi connectivity index (χ1) is 8.31. The van der Waals surface area contributed by atoms with Gasteiger partial charge in [-0.3, -0.25) is 0 Å². The summed E-state index contributed by atoms with van der Waals surface area (Å²) in [5, 5.41) is 3.77. The molecule has 0 amide bonds. The van der Waals surface area contributed by atoms with Gasteiger partial charge < -0.3 is 9.73 Å². The van der Waals surface area contributed by atoms with Crippen LogP contribution in [-0.2, 0) is 6.42 Å². The van der Waals surface area contributed by atoms with Crippen molar-refractivity contribution in [2.24, 2.45) is 0 Å². The second-order valence-electron chi connectivity index (χ2n) is 3.82. The molecule has 0 aliphatic heterocycles. The highest BCUT2D eigenvalue weighted by Gasteiger charge is 2.09.